The topological polar surface area (TPSA) is 59.1 Å². The Bertz CT molecular complexity index is 1000. The third-order valence-electron chi connectivity index (χ3n) is 6.37. The number of fused-ring (bicyclic) bond motifs is 1. The number of carbonyl (C=O) groups excluding carboxylic acids is 2. The van der Waals surface area contributed by atoms with Crippen molar-refractivity contribution < 1.29 is 19.1 Å². The molecule has 2 aromatic carbocycles. The predicted molar refractivity (Wildman–Crippen MR) is 115 cm³/mol. The zero-order valence-corrected chi connectivity index (χ0v) is 18.0. The standard InChI is InChI=1S/C24H28N2O4/c1-15-6-5-7-20(16(15)2)26-14-19(12-23(26)27)24(28)25-9-8-17-10-21(29-3)22(30-4)11-18(17)13-25/h5-7,10-11,19H,8-9,12-14H2,1-4H3. The van der Waals surface area contributed by atoms with Crippen molar-refractivity contribution in [3.8, 4) is 11.5 Å². The number of methoxy groups -OCH3 is 2. The van der Waals surface area contributed by atoms with Crippen molar-refractivity contribution in [2.24, 2.45) is 5.92 Å². The lowest BCUT2D eigenvalue weighted by molar-refractivity contribution is -0.136. The van der Waals surface area contributed by atoms with Crippen LogP contribution in [0.1, 0.15) is 28.7 Å². The first kappa shape index (κ1) is 20.3. The van der Waals surface area contributed by atoms with Crippen LogP contribution in [-0.2, 0) is 22.6 Å². The van der Waals surface area contributed by atoms with Crippen molar-refractivity contribution in [3.05, 3.63) is 52.6 Å². The third-order valence-corrected chi connectivity index (χ3v) is 6.37. The molecule has 4 rings (SSSR count). The number of hydrogen-bond donors (Lipinski definition) is 0. The first-order valence-electron chi connectivity index (χ1n) is 10.3. The van der Waals surface area contributed by atoms with E-state index in [9.17, 15) is 9.59 Å². The lowest BCUT2D eigenvalue weighted by Gasteiger charge is -2.31. The molecule has 2 aliphatic rings. The molecule has 1 atom stereocenters. The van der Waals surface area contributed by atoms with Crippen LogP contribution >= 0.6 is 0 Å². The number of anilines is 1. The van der Waals surface area contributed by atoms with Gasteiger partial charge in [0.2, 0.25) is 11.8 Å². The highest BCUT2D eigenvalue weighted by molar-refractivity contribution is 6.01. The van der Waals surface area contributed by atoms with E-state index in [-0.39, 0.29) is 24.2 Å². The van der Waals surface area contributed by atoms with Crippen molar-refractivity contribution >= 4 is 17.5 Å². The van der Waals surface area contributed by atoms with Crippen LogP contribution in [-0.4, -0.2) is 44.0 Å². The van der Waals surface area contributed by atoms with E-state index in [0.717, 1.165) is 28.8 Å². The van der Waals surface area contributed by atoms with Gasteiger partial charge in [-0.1, -0.05) is 12.1 Å². The number of benzene rings is 2. The minimum absolute atomic E-state index is 0.0193. The van der Waals surface area contributed by atoms with E-state index in [2.05, 4.69) is 0 Å². The molecule has 6 nitrogen and oxygen atoms in total. The molecule has 0 radical (unpaired) electrons. The number of nitrogens with zero attached hydrogens (tertiary/aromatic N) is 2. The summed E-state index contributed by atoms with van der Waals surface area (Å²) in [5.41, 5.74) is 5.40. The molecule has 2 aliphatic heterocycles. The van der Waals surface area contributed by atoms with Crippen LogP contribution in [0, 0.1) is 19.8 Å². The first-order valence-corrected chi connectivity index (χ1v) is 10.3. The summed E-state index contributed by atoms with van der Waals surface area (Å²) in [6, 6.07) is 9.91. The quantitative estimate of drug-likeness (QED) is 0.779. The molecule has 2 heterocycles. The Labute approximate surface area is 177 Å². The van der Waals surface area contributed by atoms with Gasteiger partial charge in [-0.15, -0.1) is 0 Å². The summed E-state index contributed by atoms with van der Waals surface area (Å²) in [6.07, 6.45) is 1.03. The lowest BCUT2D eigenvalue weighted by Crippen LogP contribution is -2.40. The molecule has 6 heteroatoms. The van der Waals surface area contributed by atoms with E-state index in [0.29, 0.717) is 31.1 Å². The van der Waals surface area contributed by atoms with Gasteiger partial charge < -0.3 is 19.3 Å². The number of amides is 2. The summed E-state index contributed by atoms with van der Waals surface area (Å²) >= 11 is 0. The van der Waals surface area contributed by atoms with Gasteiger partial charge in [0, 0.05) is 31.7 Å². The Hall–Kier alpha value is -3.02. The van der Waals surface area contributed by atoms with E-state index >= 15 is 0 Å². The van der Waals surface area contributed by atoms with Gasteiger partial charge >= 0.3 is 0 Å². The van der Waals surface area contributed by atoms with E-state index in [1.165, 1.54) is 5.56 Å². The van der Waals surface area contributed by atoms with Crippen LogP contribution in [0.25, 0.3) is 0 Å². The zero-order valence-electron chi connectivity index (χ0n) is 18.0. The molecule has 1 unspecified atom stereocenters. The Kier molecular flexibility index (Phi) is 5.41. The summed E-state index contributed by atoms with van der Waals surface area (Å²) in [7, 11) is 3.24. The summed E-state index contributed by atoms with van der Waals surface area (Å²) in [5.74, 6) is 1.14. The van der Waals surface area contributed by atoms with Gasteiger partial charge in [-0.2, -0.15) is 0 Å². The third kappa shape index (κ3) is 3.51. The number of ether oxygens (including phenoxy) is 2. The van der Waals surface area contributed by atoms with Crippen molar-refractivity contribution in [1.29, 1.82) is 0 Å². The molecule has 30 heavy (non-hydrogen) atoms. The average molecular weight is 408 g/mol. The van der Waals surface area contributed by atoms with Crippen LogP contribution in [0.3, 0.4) is 0 Å². The SMILES string of the molecule is COc1cc2c(cc1OC)CN(C(=O)C1CC(=O)N(c3cccc(C)c3C)C1)CC2. The van der Waals surface area contributed by atoms with Crippen LogP contribution in [0.5, 0.6) is 11.5 Å². The highest BCUT2D eigenvalue weighted by Gasteiger charge is 2.38. The molecular weight excluding hydrogens is 380 g/mol. The van der Waals surface area contributed by atoms with Gasteiger partial charge in [-0.05, 0) is 60.7 Å². The minimum Gasteiger partial charge on any atom is -0.493 e. The van der Waals surface area contributed by atoms with Crippen LogP contribution in [0.4, 0.5) is 5.69 Å². The highest BCUT2D eigenvalue weighted by Crippen LogP contribution is 2.35. The maximum absolute atomic E-state index is 13.3. The largest absolute Gasteiger partial charge is 0.493 e. The van der Waals surface area contributed by atoms with Crippen molar-refractivity contribution in [1.82, 2.24) is 4.90 Å². The zero-order chi connectivity index (χ0) is 21.4. The molecule has 0 N–H and O–H groups in total. The minimum atomic E-state index is -0.306. The van der Waals surface area contributed by atoms with Gasteiger partial charge in [0.15, 0.2) is 11.5 Å². The van der Waals surface area contributed by atoms with Crippen molar-refractivity contribution in [2.75, 3.05) is 32.2 Å². The summed E-state index contributed by atoms with van der Waals surface area (Å²) < 4.78 is 10.8. The van der Waals surface area contributed by atoms with Crippen molar-refractivity contribution in [2.45, 2.75) is 33.2 Å². The second-order valence-corrected chi connectivity index (χ2v) is 8.11. The van der Waals surface area contributed by atoms with Gasteiger partial charge in [0.05, 0.1) is 20.1 Å². The maximum Gasteiger partial charge on any atom is 0.228 e. The lowest BCUT2D eigenvalue weighted by atomic mass is 9.97. The van der Waals surface area contributed by atoms with Gasteiger partial charge in [-0.3, -0.25) is 9.59 Å². The molecule has 0 aliphatic carbocycles. The molecule has 0 spiro atoms. The molecule has 158 valence electrons. The van der Waals surface area contributed by atoms with Gasteiger partial charge in [0.25, 0.3) is 0 Å². The smallest absolute Gasteiger partial charge is 0.228 e. The summed E-state index contributed by atoms with van der Waals surface area (Å²) in [4.78, 5) is 29.6. The Morgan fingerprint density at radius 1 is 1.07 bits per heavy atom. The molecule has 0 saturated carbocycles. The molecule has 0 bridgehead atoms. The van der Waals surface area contributed by atoms with Gasteiger partial charge in [0.1, 0.15) is 0 Å². The summed E-state index contributed by atoms with van der Waals surface area (Å²) in [5, 5.41) is 0. The molecule has 2 amide bonds. The number of aryl methyl sites for hydroxylation is 1. The van der Waals surface area contributed by atoms with Crippen LogP contribution < -0.4 is 14.4 Å². The van der Waals surface area contributed by atoms with Crippen LogP contribution in [0.15, 0.2) is 30.3 Å². The molecule has 1 fully saturated rings. The fourth-order valence-electron chi connectivity index (χ4n) is 4.46. The Balaban J connectivity index is 1.51. The normalized spacial score (nSPS) is 18.4. The molecule has 1 saturated heterocycles. The summed E-state index contributed by atoms with van der Waals surface area (Å²) in [6.45, 7) is 5.68. The molecule has 0 aromatic heterocycles. The first-order chi connectivity index (χ1) is 14.4. The Morgan fingerprint density at radius 2 is 1.77 bits per heavy atom. The van der Waals surface area contributed by atoms with E-state index in [1.54, 1.807) is 19.1 Å². The van der Waals surface area contributed by atoms with Gasteiger partial charge in [-0.25, -0.2) is 0 Å². The van der Waals surface area contributed by atoms with Crippen LogP contribution in [0.2, 0.25) is 0 Å². The molecule has 2 aromatic rings. The highest BCUT2D eigenvalue weighted by atomic mass is 16.5. The monoisotopic (exact) mass is 408 g/mol. The van der Waals surface area contributed by atoms with E-state index in [4.69, 9.17) is 9.47 Å². The molecular formula is C24H28N2O4. The van der Waals surface area contributed by atoms with E-state index in [1.807, 2.05) is 49.1 Å². The Morgan fingerprint density at radius 3 is 2.47 bits per heavy atom. The fraction of sp³-hybridized carbons (Fsp3) is 0.417. The second-order valence-electron chi connectivity index (χ2n) is 8.11. The number of carbonyl (C=O) groups is 2. The predicted octanol–water partition coefficient (Wildman–Crippen LogP) is 3.26. The van der Waals surface area contributed by atoms with E-state index < -0.39 is 0 Å². The van der Waals surface area contributed by atoms with Crippen molar-refractivity contribution in [3.63, 3.8) is 0 Å². The second kappa shape index (κ2) is 8.01. The number of rotatable bonds is 4. The number of hydrogen-bond acceptors (Lipinski definition) is 4. The fourth-order valence-corrected chi connectivity index (χ4v) is 4.46. The average Bonchev–Trinajstić information content (AvgIpc) is 3.15. The maximum atomic E-state index is 13.3.